The minimum absolute atomic E-state index is 0.0604. The van der Waals surface area contributed by atoms with Crippen LogP contribution in [0.4, 0.5) is 0 Å². The Labute approximate surface area is 97.2 Å². The van der Waals surface area contributed by atoms with Gasteiger partial charge < -0.3 is 10.2 Å². The zero-order valence-corrected chi connectivity index (χ0v) is 9.50. The molecule has 2 unspecified atom stereocenters. The zero-order valence-electron chi connectivity index (χ0n) is 8.68. The van der Waals surface area contributed by atoms with E-state index in [9.17, 15) is 9.59 Å². The normalized spacial score (nSPS) is 28.0. The summed E-state index contributed by atoms with van der Waals surface area (Å²) in [5.74, 6) is 0.128. The van der Waals surface area contributed by atoms with Crippen LogP contribution in [-0.2, 0) is 4.79 Å². The number of fused-ring (bicyclic) bond motifs is 1. The van der Waals surface area contributed by atoms with Gasteiger partial charge in [-0.25, -0.2) is 0 Å². The molecule has 2 aliphatic heterocycles. The van der Waals surface area contributed by atoms with Crippen molar-refractivity contribution >= 4 is 23.2 Å². The molecule has 0 aromatic carbocycles. The maximum atomic E-state index is 12.2. The van der Waals surface area contributed by atoms with Gasteiger partial charge in [0.2, 0.25) is 5.91 Å². The number of nitrogens with zero attached hydrogens (tertiary/aromatic N) is 1. The molecule has 2 fully saturated rings. The number of amides is 2. The highest BCUT2D eigenvalue weighted by atomic mass is 32.1. The van der Waals surface area contributed by atoms with Crippen molar-refractivity contribution in [1.29, 1.82) is 0 Å². The molecule has 16 heavy (non-hydrogen) atoms. The van der Waals surface area contributed by atoms with Gasteiger partial charge in [0.1, 0.15) is 0 Å². The fourth-order valence-electron chi connectivity index (χ4n) is 2.53. The Hall–Kier alpha value is -1.36. The molecule has 3 heterocycles. The van der Waals surface area contributed by atoms with E-state index in [1.807, 2.05) is 21.7 Å². The van der Waals surface area contributed by atoms with E-state index in [-0.39, 0.29) is 23.9 Å². The summed E-state index contributed by atoms with van der Waals surface area (Å²) in [6.45, 7) is 0.754. The number of carbonyl (C=O) groups is 2. The van der Waals surface area contributed by atoms with Crippen molar-refractivity contribution in [3.8, 4) is 0 Å². The molecule has 84 valence electrons. The zero-order chi connectivity index (χ0) is 11.1. The quantitative estimate of drug-likeness (QED) is 0.786. The number of carbonyl (C=O) groups excluding carboxylic acids is 2. The average molecular weight is 236 g/mol. The second kappa shape index (κ2) is 3.59. The largest absolute Gasteiger partial charge is 0.351 e. The third kappa shape index (κ3) is 1.43. The molecule has 2 amide bonds. The van der Waals surface area contributed by atoms with Crippen molar-refractivity contribution in [3.05, 3.63) is 22.4 Å². The molecule has 2 aliphatic rings. The topological polar surface area (TPSA) is 49.4 Å². The lowest BCUT2D eigenvalue weighted by Gasteiger charge is -2.21. The van der Waals surface area contributed by atoms with Crippen LogP contribution in [0.25, 0.3) is 0 Å². The molecule has 0 saturated carbocycles. The molecule has 0 spiro atoms. The highest BCUT2D eigenvalue weighted by Crippen LogP contribution is 2.27. The molecule has 3 rings (SSSR count). The van der Waals surface area contributed by atoms with Crippen molar-refractivity contribution in [2.24, 2.45) is 0 Å². The van der Waals surface area contributed by atoms with Gasteiger partial charge in [0.15, 0.2) is 0 Å². The first-order valence-electron chi connectivity index (χ1n) is 5.38. The smallest absolute Gasteiger partial charge is 0.255 e. The molecule has 1 aromatic heterocycles. The van der Waals surface area contributed by atoms with Crippen molar-refractivity contribution in [3.63, 3.8) is 0 Å². The van der Waals surface area contributed by atoms with Gasteiger partial charge >= 0.3 is 0 Å². The summed E-state index contributed by atoms with van der Waals surface area (Å²) in [4.78, 5) is 25.3. The summed E-state index contributed by atoms with van der Waals surface area (Å²) in [5.41, 5.74) is 0.741. The Bertz CT molecular complexity index is 429. The van der Waals surface area contributed by atoms with Crippen molar-refractivity contribution in [2.45, 2.75) is 24.9 Å². The molecule has 1 N–H and O–H groups in total. The van der Waals surface area contributed by atoms with Crippen LogP contribution in [0.1, 0.15) is 23.2 Å². The van der Waals surface area contributed by atoms with E-state index in [2.05, 4.69) is 5.32 Å². The summed E-state index contributed by atoms with van der Waals surface area (Å²) in [6.07, 6.45) is 1.34. The molecule has 0 radical (unpaired) electrons. The molecule has 5 heteroatoms. The average Bonchev–Trinajstić information content (AvgIpc) is 2.90. The molecular weight excluding hydrogens is 224 g/mol. The van der Waals surface area contributed by atoms with Crippen LogP contribution in [0.3, 0.4) is 0 Å². The first-order valence-corrected chi connectivity index (χ1v) is 6.32. The van der Waals surface area contributed by atoms with E-state index in [1.54, 1.807) is 0 Å². The maximum absolute atomic E-state index is 12.2. The second-order valence-electron chi connectivity index (χ2n) is 4.24. The molecule has 2 atom stereocenters. The van der Waals surface area contributed by atoms with Crippen LogP contribution in [0, 0.1) is 0 Å². The van der Waals surface area contributed by atoms with Gasteiger partial charge in [-0.15, -0.1) is 0 Å². The molecule has 4 nitrogen and oxygen atoms in total. The van der Waals surface area contributed by atoms with E-state index in [4.69, 9.17) is 0 Å². The molecule has 2 saturated heterocycles. The lowest BCUT2D eigenvalue weighted by atomic mass is 10.1. The van der Waals surface area contributed by atoms with Crippen LogP contribution >= 0.6 is 11.3 Å². The maximum Gasteiger partial charge on any atom is 0.255 e. The third-order valence-electron chi connectivity index (χ3n) is 3.32. The SMILES string of the molecule is O=C1CC2C(CCN2C(=O)c2ccsc2)N1. The van der Waals surface area contributed by atoms with E-state index < -0.39 is 0 Å². The van der Waals surface area contributed by atoms with Crippen molar-refractivity contribution < 1.29 is 9.59 Å². The fourth-order valence-corrected chi connectivity index (χ4v) is 3.16. The van der Waals surface area contributed by atoms with Crippen molar-refractivity contribution in [1.82, 2.24) is 10.2 Å². The highest BCUT2D eigenvalue weighted by Gasteiger charge is 2.43. The van der Waals surface area contributed by atoms with E-state index in [0.717, 1.165) is 18.5 Å². The monoisotopic (exact) mass is 236 g/mol. The van der Waals surface area contributed by atoms with E-state index in [0.29, 0.717) is 6.42 Å². The van der Waals surface area contributed by atoms with Crippen LogP contribution in [0.5, 0.6) is 0 Å². The Morgan fingerprint density at radius 3 is 3.19 bits per heavy atom. The number of hydrogen-bond acceptors (Lipinski definition) is 3. The first-order chi connectivity index (χ1) is 7.75. The minimum Gasteiger partial charge on any atom is -0.351 e. The number of likely N-dealkylation sites (tertiary alicyclic amines) is 1. The minimum atomic E-state index is 0.0604. The van der Waals surface area contributed by atoms with Gasteiger partial charge in [-0.2, -0.15) is 11.3 Å². The van der Waals surface area contributed by atoms with Crippen LogP contribution in [0.15, 0.2) is 16.8 Å². The number of thiophene rings is 1. The van der Waals surface area contributed by atoms with Crippen molar-refractivity contribution in [2.75, 3.05) is 6.54 Å². The number of rotatable bonds is 1. The predicted molar refractivity (Wildman–Crippen MR) is 60.3 cm³/mol. The van der Waals surface area contributed by atoms with Gasteiger partial charge in [0, 0.05) is 18.3 Å². The summed E-state index contributed by atoms with van der Waals surface area (Å²) in [6, 6.07) is 2.08. The van der Waals surface area contributed by atoms with Crippen LogP contribution < -0.4 is 5.32 Å². The second-order valence-corrected chi connectivity index (χ2v) is 5.02. The van der Waals surface area contributed by atoms with Gasteiger partial charge in [0.25, 0.3) is 5.91 Å². The Balaban J connectivity index is 1.81. The predicted octanol–water partition coefficient (Wildman–Crippen LogP) is 0.851. The van der Waals surface area contributed by atoms with Gasteiger partial charge in [-0.3, -0.25) is 9.59 Å². The third-order valence-corrected chi connectivity index (χ3v) is 4.00. The molecule has 0 bridgehead atoms. The Kier molecular flexibility index (Phi) is 2.21. The lowest BCUT2D eigenvalue weighted by Crippen LogP contribution is -2.38. The molecular formula is C11H12N2O2S. The van der Waals surface area contributed by atoms with Crippen LogP contribution in [0.2, 0.25) is 0 Å². The Morgan fingerprint density at radius 2 is 2.44 bits per heavy atom. The molecule has 0 aliphatic carbocycles. The summed E-state index contributed by atoms with van der Waals surface area (Å²) >= 11 is 1.52. The fraction of sp³-hybridized carbons (Fsp3) is 0.455. The summed E-state index contributed by atoms with van der Waals surface area (Å²) in [5, 5.41) is 6.68. The summed E-state index contributed by atoms with van der Waals surface area (Å²) in [7, 11) is 0. The van der Waals surface area contributed by atoms with Crippen LogP contribution in [-0.4, -0.2) is 35.3 Å². The standard InChI is InChI=1S/C11H12N2O2S/c14-10-5-9-8(12-10)1-3-13(9)11(15)7-2-4-16-6-7/h2,4,6,8-9H,1,3,5H2,(H,12,14). The van der Waals surface area contributed by atoms with E-state index >= 15 is 0 Å². The lowest BCUT2D eigenvalue weighted by molar-refractivity contribution is -0.119. The molecule has 1 aromatic rings. The Morgan fingerprint density at radius 1 is 1.56 bits per heavy atom. The van der Waals surface area contributed by atoms with Gasteiger partial charge in [-0.05, 0) is 17.9 Å². The first kappa shape index (κ1) is 9.84. The number of hydrogen-bond donors (Lipinski definition) is 1. The number of nitrogens with one attached hydrogen (secondary N) is 1. The van der Waals surface area contributed by atoms with E-state index in [1.165, 1.54) is 11.3 Å². The highest BCUT2D eigenvalue weighted by molar-refractivity contribution is 7.08. The van der Waals surface area contributed by atoms with Gasteiger partial charge in [0.05, 0.1) is 17.6 Å². The van der Waals surface area contributed by atoms with Gasteiger partial charge in [-0.1, -0.05) is 0 Å². The summed E-state index contributed by atoms with van der Waals surface area (Å²) < 4.78 is 0.